The molecule has 0 aromatic heterocycles. The lowest BCUT2D eigenvalue weighted by molar-refractivity contribution is -0.160. The van der Waals surface area contributed by atoms with Crippen molar-refractivity contribution in [1.29, 1.82) is 0 Å². The zero-order chi connectivity index (χ0) is 47.0. The number of hydrogen-bond acceptors (Lipinski definition) is 15. The van der Waals surface area contributed by atoms with E-state index in [1.807, 2.05) is 145 Å². The van der Waals surface area contributed by atoms with E-state index in [4.69, 9.17) is 28.4 Å². The number of benzene rings is 2. The average molecular weight is 883 g/mol. The predicted octanol–water partition coefficient (Wildman–Crippen LogP) is 5.31. The second-order valence-corrected chi connectivity index (χ2v) is 20.0. The number of ether oxygens (including phenoxy) is 6. The summed E-state index contributed by atoms with van der Waals surface area (Å²) in [6.45, 7) is 24.3. The summed E-state index contributed by atoms with van der Waals surface area (Å²) in [6, 6.07) is 16.4. The summed E-state index contributed by atoms with van der Waals surface area (Å²) < 4.78 is 34.2. The van der Waals surface area contributed by atoms with E-state index < -0.39 is 40.3 Å². The number of esters is 5. The average Bonchev–Trinajstić information content (AvgIpc) is 3.12. The van der Waals surface area contributed by atoms with Gasteiger partial charge in [-0.15, -0.1) is 0 Å². The van der Waals surface area contributed by atoms with E-state index in [0.29, 0.717) is 58.0 Å². The van der Waals surface area contributed by atoms with Crippen LogP contribution in [0.15, 0.2) is 54.6 Å². The summed E-state index contributed by atoms with van der Waals surface area (Å²) in [5.74, 6) is -1.61. The number of rotatable bonds is 15. The van der Waals surface area contributed by atoms with Crippen molar-refractivity contribution in [3.8, 4) is 5.75 Å². The Balaban J connectivity index is 1.99. The van der Waals surface area contributed by atoms with E-state index in [2.05, 4.69) is 0 Å². The molecule has 352 valence electrons. The van der Waals surface area contributed by atoms with Gasteiger partial charge in [0.25, 0.3) is 0 Å². The summed E-state index contributed by atoms with van der Waals surface area (Å²) in [4.78, 5) is 74.0. The van der Waals surface area contributed by atoms with Gasteiger partial charge in [0.05, 0.1) is 26.2 Å². The van der Waals surface area contributed by atoms with Gasteiger partial charge in [-0.1, -0.05) is 42.5 Å². The SMILES string of the molecule is CC(C)(C)OC(=O)CN1CCN(CC(=O)OC(C)(C)C)CCN(CC(=O)OC(C)(C)C)C(Cc2ccc(OCC(=O)OCc3ccccc3)cc2)CN(CC(=O)OC(C)(C)C)CC1. The first-order chi connectivity index (χ1) is 29.2. The third-order valence-electron chi connectivity index (χ3n) is 9.22. The van der Waals surface area contributed by atoms with Crippen molar-refractivity contribution < 1.29 is 52.4 Å². The van der Waals surface area contributed by atoms with Crippen LogP contribution in [-0.4, -0.2) is 156 Å². The summed E-state index contributed by atoms with van der Waals surface area (Å²) in [7, 11) is 0. The largest absolute Gasteiger partial charge is 0.482 e. The Morgan fingerprint density at radius 3 is 1.37 bits per heavy atom. The van der Waals surface area contributed by atoms with E-state index in [-0.39, 0.29) is 57.4 Å². The lowest BCUT2D eigenvalue weighted by Gasteiger charge is -2.38. The van der Waals surface area contributed by atoms with Crippen molar-refractivity contribution >= 4 is 29.8 Å². The monoisotopic (exact) mass is 883 g/mol. The highest BCUT2D eigenvalue weighted by Gasteiger charge is 2.31. The zero-order valence-corrected chi connectivity index (χ0v) is 40.0. The van der Waals surface area contributed by atoms with Gasteiger partial charge < -0.3 is 28.4 Å². The van der Waals surface area contributed by atoms with Crippen LogP contribution < -0.4 is 4.74 Å². The van der Waals surface area contributed by atoms with Gasteiger partial charge in [0, 0.05) is 51.9 Å². The van der Waals surface area contributed by atoms with Crippen molar-refractivity contribution in [2.24, 2.45) is 0 Å². The highest BCUT2D eigenvalue weighted by molar-refractivity contribution is 5.74. The van der Waals surface area contributed by atoms with Gasteiger partial charge in [0.1, 0.15) is 34.8 Å². The van der Waals surface area contributed by atoms with E-state index in [9.17, 15) is 24.0 Å². The van der Waals surface area contributed by atoms with Gasteiger partial charge in [0.2, 0.25) is 0 Å². The molecule has 1 aliphatic heterocycles. The predicted molar refractivity (Wildman–Crippen MR) is 240 cm³/mol. The lowest BCUT2D eigenvalue weighted by atomic mass is 10.0. The maximum atomic E-state index is 13.6. The fourth-order valence-corrected chi connectivity index (χ4v) is 6.73. The standard InChI is InChI=1S/C48H74N4O11/c1-45(2,3)60-40(53)30-49-22-23-50(31-41(54)61-46(4,5)6)26-27-52(33-43(56)63-48(10,11)12)38(29-51(25-24-49)32-42(55)62-47(7,8)9)28-36-18-20-39(21-19-36)58-35-44(57)59-34-37-16-14-13-15-17-37/h13-21,38H,22-35H2,1-12H3. The molecule has 1 unspecified atom stereocenters. The van der Waals surface area contributed by atoms with Crippen molar-refractivity contribution in [2.75, 3.05) is 78.6 Å². The third-order valence-corrected chi connectivity index (χ3v) is 9.22. The maximum Gasteiger partial charge on any atom is 0.344 e. The van der Waals surface area contributed by atoms with Crippen LogP contribution in [0, 0.1) is 0 Å². The summed E-state index contributed by atoms with van der Waals surface area (Å²) in [6.07, 6.45) is 0.445. The lowest BCUT2D eigenvalue weighted by Crippen LogP contribution is -2.54. The Morgan fingerprint density at radius 1 is 0.492 bits per heavy atom. The molecule has 2 aromatic rings. The molecule has 15 nitrogen and oxygen atoms in total. The van der Waals surface area contributed by atoms with Crippen molar-refractivity contribution in [3.63, 3.8) is 0 Å². The number of nitrogens with zero attached hydrogens (tertiary/aromatic N) is 4. The van der Waals surface area contributed by atoms with Gasteiger partial charge in [-0.3, -0.25) is 38.8 Å². The summed E-state index contributed by atoms with van der Waals surface area (Å²) in [5.41, 5.74) is -1.03. The Kier molecular flexibility index (Phi) is 20.0. The molecule has 2 aromatic carbocycles. The fraction of sp³-hybridized carbons (Fsp3) is 0.646. The molecule has 0 amide bonds. The van der Waals surface area contributed by atoms with Crippen molar-refractivity contribution in [3.05, 3.63) is 65.7 Å². The smallest absolute Gasteiger partial charge is 0.344 e. The molecule has 1 atom stereocenters. The highest BCUT2D eigenvalue weighted by atomic mass is 16.6. The number of hydrogen-bond donors (Lipinski definition) is 0. The summed E-state index contributed by atoms with van der Waals surface area (Å²) in [5, 5.41) is 0. The topological polar surface area (TPSA) is 154 Å². The number of carbonyl (C=O) groups is 5. The molecule has 0 spiro atoms. The Morgan fingerprint density at radius 2 is 0.905 bits per heavy atom. The van der Waals surface area contributed by atoms with Gasteiger partial charge in [-0.2, -0.15) is 0 Å². The van der Waals surface area contributed by atoms with Crippen LogP contribution in [0.3, 0.4) is 0 Å². The zero-order valence-electron chi connectivity index (χ0n) is 40.0. The second-order valence-electron chi connectivity index (χ2n) is 20.0. The molecule has 0 radical (unpaired) electrons. The van der Waals surface area contributed by atoms with Crippen LogP contribution in [0.1, 0.15) is 94.2 Å². The van der Waals surface area contributed by atoms with Gasteiger partial charge in [0.15, 0.2) is 6.61 Å². The molecule has 1 saturated heterocycles. The normalized spacial score (nSPS) is 17.1. The third kappa shape index (κ3) is 23.6. The van der Waals surface area contributed by atoms with Gasteiger partial charge >= 0.3 is 29.8 Å². The minimum atomic E-state index is -0.730. The second kappa shape index (κ2) is 23.9. The maximum absolute atomic E-state index is 13.6. The van der Waals surface area contributed by atoms with E-state index in [0.717, 1.165) is 11.1 Å². The van der Waals surface area contributed by atoms with Crippen LogP contribution in [0.2, 0.25) is 0 Å². The van der Waals surface area contributed by atoms with Crippen LogP contribution >= 0.6 is 0 Å². The molecule has 63 heavy (non-hydrogen) atoms. The fourth-order valence-electron chi connectivity index (χ4n) is 6.73. The number of carbonyl (C=O) groups excluding carboxylic acids is 5. The van der Waals surface area contributed by atoms with E-state index >= 15 is 0 Å². The highest BCUT2D eigenvalue weighted by Crippen LogP contribution is 2.19. The van der Waals surface area contributed by atoms with E-state index in [1.54, 1.807) is 12.1 Å². The Hall–Kier alpha value is -4.57. The van der Waals surface area contributed by atoms with Crippen LogP contribution in [0.5, 0.6) is 5.75 Å². The Labute approximate surface area is 375 Å². The minimum absolute atomic E-state index is 0.00515. The molecule has 0 saturated carbocycles. The van der Waals surface area contributed by atoms with Crippen molar-refractivity contribution in [2.45, 2.75) is 125 Å². The summed E-state index contributed by atoms with van der Waals surface area (Å²) >= 11 is 0. The van der Waals surface area contributed by atoms with Crippen LogP contribution in [0.4, 0.5) is 0 Å². The van der Waals surface area contributed by atoms with E-state index in [1.165, 1.54) is 0 Å². The quantitative estimate of drug-likeness (QED) is 0.168. The first-order valence-corrected chi connectivity index (χ1v) is 21.9. The molecule has 1 heterocycles. The molecule has 1 fully saturated rings. The minimum Gasteiger partial charge on any atom is -0.482 e. The molecular formula is C48H74N4O11. The first kappa shape index (κ1) is 52.8. The Bertz CT molecular complexity index is 1760. The molecule has 15 heteroatoms. The molecule has 0 N–H and O–H groups in total. The van der Waals surface area contributed by atoms with Crippen LogP contribution in [-0.2, 0) is 60.7 Å². The molecule has 3 rings (SSSR count). The molecule has 0 aliphatic carbocycles. The van der Waals surface area contributed by atoms with Crippen LogP contribution in [0.25, 0.3) is 0 Å². The molecule has 1 aliphatic rings. The van der Waals surface area contributed by atoms with Gasteiger partial charge in [-0.25, -0.2) is 4.79 Å². The molecular weight excluding hydrogens is 809 g/mol. The van der Waals surface area contributed by atoms with Gasteiger partial charge in [-0.05, 0) is 113 Å². The molecule has 0 bridgehead atoms. The first-order valence-electron chi connectivity index (χ1n) is 21.9. The van der Waals surface area contributed by atoms with Crippen molar-refractivity contribution in [1.82, 2.24) is 19.6 Å².